The summed E-state index contributed by atoms with van der Waals surface area (Å²) in [5.41, 5.74) is -2.30. The Balaban J connectivity index is 1.99. The molecule has 0 aliphatic carbocycles. The van der Waals surface area contributed by atoms with Crippen molar-refractivity contribution in [3.8, 4) is 0 Å². The van der Waals surface area contributed by atoms with Crippen molar-refractivity contribution < 1.29 is 33.6 Å². The number of hydrogen-bond acceptors (Lipinski definition) is 10. The molecule has 3 heterocycles. The van der Waals surface area contributed by atoms with Crippen molar-refractivity contribution in [3.05, 3.63) is 0 Å². The molecule has 0 bridgehead atoms. The highest BCUT2D eigenvalue weighted by Gasteiger charge is 2.51. The fourth-order valence-electron chi connectivity index (χ4n) is 7.03. The van der Waals surface area contributed by atoms with Crippen molar-refractivity contribution in [3.63, 3.8) is 0 Å². The summed E-state index contributed by atoms with van der Waals surface area (Å²) in [7, 11) is 7.55. The lowest BCUT2D eigenvalue weighted by Gasteiger charge is -2.47. The average molecular weight is 570 g/mol. The number of aliphatic hydroxyl groups is 1. The number of nitrogens with one attached hydrogen (secondary N) is 1. The zero-order chi connectivity index (χ0) is 30.0. The maximum atomic E-state index is 14.1. The molecule has 3 aliphatic heterocycles. The van der Waals surface area contributed by atoms with E-state index in [9.17, 15) is 14.7 Å². The summed E-state index contributed by atoms with van der Waals surface area (Å²) >= 11 is 0. The number of esters is 1. The second kappa shape index (κ2) is 13.4. The Hall–Kier alpha value is -1.14. The molecule has 0 radical (unpaired) electrons. The van der Waals surface area contributed by atoms with Crippen LogP contribution in [0.5, 0.6) is 0 Å². The van der Waals surface area contributed by atoms with Crippen LogP contribution in [-0.4, -0.2) is 123 Å². The van der Waals surface area contributed by atoms with Crippen molar-refractivity contribution in [1.29, 1.82) is 0 Å². The van der Waals surface area contributed by atoms with E-state index in [1.165, 1.54) is 0 Å². The first-order valence-electron chi connectivity index (χ1n) is 15.0. The predicted octanol–water partition coefficient (Wildman–Crippen LogP) is 2.07. The minimum atomic E-state index is -1.40. The van der Waals surface area contributed by atoms with Gasteiger partial charge in [0.05, 0.1) is 23.9 Å². The van der Waals surface area contributed by atoms with Gasteiger partial charge in [-0.2, -0.15) is 0 Å². The molecule has 2 N–H and O–H groups in total. The van der Waals surface area contributed by atoms with E-state index in [1.807, 2.05) is 32.8 Å². The number of Topliss-reactive ketones (excluding diaryl/α,β-unsaturated/α-hetero) is 1. The van der Waals surface area contributed by atoms with E-state index in [-0.39, 0.29) is 42.5 Å². The third-order valence-electron chi connectivity index (χ3n) is 9.49. The molecule has 0 spiro atoms. The van der Waals surface area contributed by atoms with E-state index in [4.69, 9.17) is 18.9 Å². The molecule has 0 amide bonds. The van der Waals surface area contributed by atoms with Gasteiger partial charge in [0.1, 0.15) is 18.1 Å². The molecule has 2 unspecified atom stereocenters. The van der Waals surface area contributed by atoms with Crippen molar-refractivity contribution in [2.45, 2.75) is 116 Å². The number of aliphatic hydroxyl groups excluding tert-OH is 1. The van der Waals surface area contributed by atoms with Crippen molar-refractivity contribution in [1.82, 2.24) is 15.1 Å². The minimum absolute atomic E-state index is 0.00549. The van der Waals surface area contributed by atoms with Crippen LogP contribution >= 0.6 is 0 Å². The molecule has 3 fully saturated rings. The van der Waals surface area contributed by atoms with E-state index in [0.29, 0.717) is 12.8 Å². The topological polar surface area (TPSA) is 110 Å². The molecule has 40 heavy (non-hydrogen) atoms. The van der Waals surface area contributed by atoms with Gasteiger partial charge in [-0.3, -0.25) is 14.5 Å². The fraction of sp³-hybridized carbons (Fsp3) is 0.933. The summed E-state index contributed by atoms with van der Waals surface area (Å²) < 4.78 is 24.8. The number of carbonyl (C=O) groups excluding carboxylic acids is 2. The Morgan fingerprint density at radius 3 is 2.40 bits per heavy atom. The average Bonchev–Trinajstić information content (AvgIpc) is 3.41. The Labute approximate surface area is 241 Å². The summed E-state index contributed by atoms with van der Waals surface area (Å²) in [6.45, 7) is 13.0. The van der Waals surface area contributed by atoms with Crippen LogP contribution < -0.4 is 5.32 Å². The lowest BCUT2D eigenvalue weighted by atomic mass is 9.74. The second-order valence-electron chi connectivity index (χ2n) is 13.5. The van der Waals surface area contributed by atoms with Crippen molar-refractivity contribution in [2.75, 3.05) is 47.9 Å². The van der Waals surface area contributed by atoms with E-state index in [1.54, 1.807) is 27.9 Å². The van der Waals surface area contributed by atoms with Gasteiger partial charge in [-0.05, 0) is 87.0 Å². The number of carbonyl (C=O) groups is 2. The molecule has 0 aromatic rings. The van der Waals surface area contributed by atoms with Crippen LogP contribution in [0.1, 0.15) is 67.2 Å². The van der Waals surface area contributed by atoms with Crippen LogP contribution in [0.4, 0.5) is 0 Å². The van der Waals surface area contributed by atoms with Gasteiger partial charge in [0.2, 0.25) is 0 Å². The second-order valence-corrected chi connectivity index (χ2v) is 13.5. The number of ether oxygens (including phenoxy) is 4. The van der Waals surface area contributed by atoms with E-state index in [0.717, 1.165) is 25.9 Å². The number of rotatable bonds is 5. The number of ketones is 1. The zero-order valence-electron chi connectivity index (χ0n) is 26.4. The van der Waals surface area contributed by atoms with Crippen LogP contribution in [0.2, 0.25) is 0 Å². The number of cyclic esters (lactones) is 1. The third kappa shape index (κ3) is 7.25. The molecule has 0 aromatic carbocycles. The number of methoxy groups -OCH3 is 1. The molecule has 0 saturated carbocycles. The largest absolute Gasteiger partial charge is 0.463 e. The summed E-state index contributed by atoms with van der Waals surface area (Å²) in [6.07, 6.45) is 0.569. The first kappa shape index (κ1) is 33.4. The molecule has 10 nitrogen and oxygen atoms in total. The van der Waals surface area contributed by atoms with Crippen molar-refractivity contribution in [2.24, 2.45) is 17.3 Å². The van der Waals surface area contributed by atoms with Crippen LogP contribution in [0.3, 0.4) is 0 Å². The van der Waals surface area contributed by atoms with E-state index >= 15 is 0 Å². The van der Waals surface area contributed by atoms with E-state index < -0.39 is 41.4 Å². The quantitative estimate of drug-likeness (QED) is 0.377. The molecule has 10 atom stereocenters. The first-order valence-corrected chi connectivity index (χ1v) is 15.0. The van der Waals surface area contributed by atoms with Gasteiger partial charge in [0.25, 0.3) is 0 Å². The Bertz CT molecular complexity index is 864. The van der Waals surface area contributed by atoms with Gasteiger partial charge in [-0.15, -0.1) is 0 Å². The Kier molecular flexibility index (Phi) is 11.2. The summed E-state index contributed by atoms with van der Waals surface area (Å²) in [5, 5.41) is 14.8. The number of likely N-dealkylation sites (N-methyl/N-ethyl adjacent to an activating group) is 2. The van der Waals surface area contributed by atoms with Crippen LogP contribution in [0.25, 0.3) is 0 Å². The summed E-state index contributed by atoms with van der Waals surface area (Å²) in [4.78, 5) is 31.7. The van der Waals surface area contributed by atoms with Gasteiger partial charge in [-0.25, -0.2) is 0 Å². The van der Waals surface area contributed by atoms with Crippen LogP contribution in [-0.2, 0) is 28.5 Å². The highest BCUT2D eigenvalue weighted by Crippen LogP contribution is 2.38. The molecule has 3 aliphatic rings. The maximum Gasteiger partial charge on any atom is 0.319 e. The third-order valence-corrected chi connectivity index (χ3v) is 9.49. The summed E-state index contributed by atoms with van der Waals surface area (Å²) in [6, 6.07) is 0.0480. The molecular weight excluding hydrogens is 514 g/mol. The molecule has 10 heteroatoms. The monoisotopic (exact) mass is 569 g/mol. The molecule has 3 rings (SSSR count). The number of hydrogen-bond donors (Lipinski definition) is 2. The van der Waals surface area contributed by atoms with Crippen molar-refractivity contribution >= 4 is 11.8 Å². The lowest BCUT2D eigenvalue weighted by molar-refractivity contribution is -0.295. The fourth-order valence-corrected chi connectivity index (χ4v) is 7.03. The lowest BCUT2D eigenvalue weighted by Crippen LogP contribution is -2.59. The molecule has 0 aromatic heterocycles. The number of nitrogens with zero attached hydrogens (tertiary/aromatic N) is 2. The highest BCUT2D eigenvalue weighted by molar-refractivity contribution is 6.04. The van der Waals surface area contributed by atoms with Gasteiger partial charge in [0.15, 0.2) is 12.1 Å². The van der Waals surface area contributed by atoms with Gasteiger partial charge in [0, 0.05) is 31.7 Å². The van der Waals surface area contributed by atoms with Crippen LogP contribution in [0, 0.1) is 17.3 Å². The minimum Gasteiger partial charge on any atom is -0.463 e. The molecule has 3 saturated heterocycles. The SMILES string of the molecule is CO[C@]1(C)C[C@@H](C)CN(C)C(C2CCCN2)COC(=O)C(C)(C)C(=O)[C@H](C)[C@H]1O[C@@H]1O[C@H](C)C[C@H](N(C)C)[C@H]1O. The smallest absolute Gasteiger partial charge is 0.319 e. The highest BCUT2D eigenvalue weighted by atomic mass is 16.7. The zero-order valence-corrected chi connectivity index (χ0v) is 26.4. The maximum absolute atomic E-state index is 14.1. The predicted molar refractivity (Wildman–Crippen MR) is 153 cm³/mol. The van der Waals surface area contributed by atoms with E-state index in [2.05, 4.69) is 24.2 Å². The first-order chi connectivity index (χ1) is 18.6. The Morgan fingerprint density at radius 2 is 1.82 bits per heavy atom. The molecular formula is C30H55N3O7. The van der Waals surface area contributed by atoms with Gasteiger partial charge >= 0.3 is 5.97 Å². The summed E-state index contributed by atoms with van der Waals surface area (Å²) in [5.74, 6) is -1.40. The standard InChI is InChI=1S/C30H55N3O7/c1-18-15-30(6,37-10)26(40-27-24(34)22(32(7)8)14-19(2)39-27)20(3)25(35)29(4,5)28(36)38-17-23(33(9)16-18)21-12-11-13-31-21/h18-24,26-27,31,34H,11-17H2,1-10H3/t18-,19-,20+,21?,22+,23?,24-,26-,27+,30-/m1/s1. The molecule has 232 valence electrons. The van der Waals surface area contributed by atoms with Crippen LogP contribution in [0.15, 0.2) is 0 Å². The van der Waals surface area contributed by atoms with Gasteiger partial charge in [-0.1, -0.05) is 13.8 Å². The van der Waals surface area contributed by atoms with Gasteiger partial charge < -0.3 is 34.3 Å². The Morgan fingerprint density at radius 1 is 1.15 bits per heavy atom. The normalized spacial score (nSPS) is 42.6.